The van der Waals surface area contributed by atoms with Crippen molar-refractivity contribution in [2.45, 2.75) is 18.7 Å². The van der Waals surface area contributed by atoms with Gasteiger partial charge in [-0.15, -0.1) is 11.8 Å². The van der Waals surface area contributed by atoms with Crippen LogP contribution in [-0.2, 0) is 11.3 Å². The van der Waals surface area contributed by atoms with Crippen LogP contribution in [0.4, 0.5) is 0 Å². The molecule has 2 aliphatic rings. The Morgan fingerprint density at radius 1 is 1.17 bits per heavy atom. The minimum Gasteiger partial charge on any atom is -0.354 e. The Morgan fingerprint density at radius 3 is 2.66 bits per heavy atom. The Morgan fingerprint density at radius 2 is 1.93 bits per heavy atom. The molecule has 1 saturated heterocycles. The number of nitrogens with zero attached hydrogens (tertiary/aromatic N) is 2. The van der Waals surface area contributed by atoms with Crippen LogP contribution in [0.25, 0.3) is 10.9 Å². The second-order valence-electron chi connectivity index (χ2n) is 7.37. The van der Waals surface area contributed by atoms with Crippen LogP contribution < -0.4 is 5.32 Å². The van der Waals surface area contributed by atoms with Gasteiger partial charge in [0, 0.05) is 33.8 Å². The molecule has 0 bridgehead atoms. The maximum absolute atomic E-state index is 12.3. The third-order valence-corrected chi connectivity index (χ3v) is 6.98. The maximum Gasteiger partial charge on any atom is 0.237 e. The number of aromatic nitrogens is 1. The Labute approximate surface area is 180 Å². The van der Waals surface area contributed by atoms with Gasteiger partial charge in [0.05, 0.1) is 6.54 Å². The molecule has 1 aromatic heterocycles. The van der Waals surface area contributed by atoms with E-state index in [2.05, 4.69) is 52.0 Å². The normalized spacial score (nSPS) is 18.4. The Kier molecular flexibility index (Phi) is 5.97. The van der Waals surface area contributed by atoms with Crippen molar-refractivity contribution in [3.05, 3.63) is 70.4 Å². The monoisotopic (exact) mass is 426 g/mol. The first-order chi connectivity index (χ1) is 14.1. The lowest BCUT2D eigenvalue weighted by atomic mass is 10.1. The summed E-state index contributed by atoms with van der Waals surface area (Å²) in [5.41, 5.74) is 4.75. The molecule has 2 aromatic carbocycles. The van der Waals surface area contributed by atoms with E-state index in [4.69, 9.17) is 11.6 Å². The number of likely N-dealkylation sites (N-methyl/N-ethyl adjacent to an activating group) is 1. The van der Waals surface area contributed by atoms with Crippen LogP contribution >= 0.6 is 23.4 Å². The number of hydrogen-bond acceptors (Lipinski definition) is 2. The predicted octanol–water partition coefficient (Wildman–Crippen LogP) is 4.27. The van der Waals surface area contributed by atoms with Gasteiger partial charge in [-0.2, -0.15) is 0 Å². The highest BCUT2D eigenvalue weighted by atomic mass is 35.5. The molecule has 2 aliphatic heterocycles. The highest BCUT2D eigenvalue weighted by Crippen LogP contribution is 2.39. The van der Waals surface area contributed by atoms with Gasteiger partial charge < -0.3 is 9.88 Å². The molecular weight excluding hydrogens is 402 g/mol. The first kappa shape index (κ1) is 20.0. The van der Waals surface area contributed by atoms with Crippen molar-refractivity contribution in [3.8, 4) is 0 Å². The van der Waals surface area contributed by atoms with Gasteiger partial charge in [-0.3, -0.25) is 4.79 Å². The zero-order chi connectivity index (χ0) is 20.4. The van der Waals surface area contributed by atoms with Crippen LogP contribution in [0.1, 0.15) is 22.1 Å². The third-order valence-electron chi connectivity index (χ3n) is 5.33. The number of nitrogens with one attached hydrogen (secondary N) is 1. The summed E-state index contributed by atoms with van der Waals surface area (Å²) in [7, 11) is 2.10. The zero-order valence-corrected chi connectivity index (χ0v) is 18.3. The number of thioether (sulfide) groups is 1. The van der Waals surface area contributed by atoms with Crippen LogP contribution in [0.3, 0.4) is 0 Å². The molecule has 1 atom stereocenters. The van der Waals surface area contributed by atoms with Crippen LogP contribution in [0.15, 0.2) is 48.5 Å². The van der Waals surface area contributed by atoms with Crippen molar-refractivity contribution in [1.29, 1.82) is 0 Å². The molecule has 0 aliphatic carbocycles. The standard InChI is InChI=1S/C16H17N3OS.C7H7Cl/c1-18-7-8-19-12-5-3-2-4-11(12)14(13(19)10-18)15-16(20)17-6-9-21-15;1-6-4-2-3-5-7(6)8/h2-5,10,15H,6-9H2,1H3;2-5H,1H3/p+1. The molecule has 1 amide bonds. The van der Waals surface area contributed by atoms with Crippen LogP contribution in [-0.4, -0.2) is 47.2 Å². The van der Waals surface area contributed by atoms with Crippen LogP contribution in [0.5, 0.6) is 0 Å². The van der Waals surface area contributed by atoms with Crippen LogP contribution in [0.2, 0.25) is 5.02 Å². The number of para-hydroxylation sites is 1. The van der Waals surface area contributed by atoms with Gasteiger partial charge in [-0.25, -0.2) is 4.58 Å². The van der Waals surface area contributed by atoms with E-state index in [1.54, 1.807) is 11.8 Å². The van der Waals surface area contributed by atoms with Gasteiger partial charge >= 0.3 is 0 Å². The lowest BCUT2D eigenvalue weighted by Crippen LogP contribution is -2.35. The SMILES string of the molecule is C[N+]1=Cc2c(C3SCCNC3=O)c3ccccc3n2CC1.Cc1ccccc1Cl. The van der Waals surface area contributed by atoms with Gasteiger partial charge in [-0.1, -0.05) is 48.0 Å². The number of benzene rings is 2. The molecule has 5 rings (SSSR count). The number of halogens is 1. The Balaban J connectivity index is 0.000000216. The van der Waals surface area contributed by atoms with Gasteiger partial charge in [0.15, 0.2) is 12.8 Å². The van der Waals surface area contributed by atoms with Gasteiger partial charge in [0.1, 0.15) is 18.0 Å². The second kappa shape index (κ2) is 8.64. The highest BCUT2D eigenvalue weighted by Gasteiger charge is 2.33. The summed E-state index contributed by atoms with van der Waals surface area (Å²) in [5.74, 6) is 1.12. The van der Waals surface area contributed by atoms with E-state index >= 15 is 0 Å². The summed E-state index contributed by atoms with van der Waals surface area (Å²) in [6, 6.07) is 16.2. The van der Waals surface area contributed by atoms with E-state index in [1.165, 1.54) is 22.2 Å². The maximum atomic E-state index is 12.3. The topological polar surface area (TPSA) is 37.0 Å². The molecule has 1 fully saturated rings. The van der Waals surface area contributed by atoms with Gasteiger partial charge in [0.2, 0.25) is 5.91 Å². The average Bonchev–Trinajstić information content (AvgIpc) is 3.04. The van der Waals surface area contributed by atoms with Gasteiger partial charge in [-0.05, 0) is 24.6 Å². The average molecular weight is 427 g/mol. The fraction of sp³-hybridized carbons (Fsp3) is 0.304. The molecule has 0 radical (unpaired) electrons. The molecule has 1 N–H and O–H groups in total. The summed E-state index contributed by atoms with van der Waals surface area (Å²) < 4.78 is 4.57. The molecule has 0 spiro atoms. The molecule has 1 unspecified atom stereocenters. The zero-order valence-electron chi connectivity index (χ0n) is 16.7. The third kappa shape index (κ3) is 4.07. The Bertz CT molecular complexity index is 1070. The molecule has 29 heavy (non-hydrogen) atoms. The number of rotatable bonds is 1. The fourth-order valence-electron chi connectivity index (χ4n) is 3.82. The number of fused-ring (bicyclic) bond motifs is 3. The number of amides is 1. The van der Waals surface area contributed by atoms with E-state index in [-0.39, 0.29) is 11.2 Å². The first-order valence-corrected chi connectivity index (χ1v) is 11.3. The van der Waals surface area contributed by atoms with Crippen molar-refractivity contribution >= 4 is 46.4 Å². The molecule has 4 nitrogen and oxygen atoms in total. The summed E-state index contributed by atoms with van der Waals surface area (Å²) in [5, 5.41) is 4.97. The number of hydrogen-bond donors (Lipinski definition) is 1. The van der Waals surface area contributed by atoms with Gasteiger partial charge in [0.25, 0.3) is 0 Å². The van der Waals surface area contributed by atoms with E-state index < -0.39 is 0 Å². The van der Waals surface area contributed by atoms with Crippen molar-refractivity contribution in [1.82, 2.24) is 9.88 Å². The first-order valence-electron chi connectivity index (χ1n) is 9.83. The van der Waals surface area contributed by atoms with Crippen molar-refractivity contribution in [2.24, 2.45) is 0 Å². The summed E-state index contributed by atoms with van der Waals surface area (Å²) in [6.45, 7) is 4.75. The Hall–Kier alpha value is -2.24. The molecule has 6 heteroatoms. The van der Waals surface area contributed by atoms with Crippen molar-refractivity contribution in [2.75, 3.05) is 25.9 Å². The van der Waals surface area contributed by atoms with Crippen molar-refractivity contribution < 1.29 is 9.37 Å². The molecule has 3 aromatic rings. The fourth-order valence-corrected chi connectivity index (χ4v) is 5.06. The van der Waals surface area contributed by atoms with Crippen LogP contribution in [0, 0.1) is 6.92 Å². The molecular formula is C23H25ClN3OS+. The minimum absolute atomic E-state index is 0.0948. The quantitative estimate of drug-likeness (QED) is 0.590. The van der Waals surface area contributed by atoms with E-state index in [0.717, 1.165) is 36.0 Å². The molecule has 0 saturated carbocycles. The number of carbonyl (C=O) groups is 1. The lowest BCUT2D eigenvalue weighted by molar-refractivity contribution is -0.496. The smallest absolute Gasteiger partial charge is 0.237 e. The highest BCUT2D eigenvalue weighted by molar-refractivity contribution is 8.00. The molecule has 3 heterocycles. The van der Waals surface area contributed by atoms with Crippen molar-refractivity contribution in [3.63, 3.8) is 0 Å². The summed E-state index contributed by atoms with van der Waals surface area (Å²) >= 11 is 7.46. The molecule has 150 valence electrons. The predicted molar refractivity (Wildman–Crippen MR) is 123 cm³/mol. The van der Waals surface area contributed by atoms with E-state index in [0.29, 0.717) is 0 Å². The largest absolute Gasteiger partial charge is 0.354 e. The van der Waals surface area contributed by atoms with E-state index in [1.807, 2.05) is 31.2 Å². The lowest BCUT2D eigenvalue weighted by Gasteiger charge is -2.22. The van der Waals surface area contributed by atoms with E-state index in [9.17, 15) is 4.79 Å². The summed E-state index contributed by atoms with van der Waals surface area (Å²) in [6.07, 6.45) is 2.18. The summed E-state index contributed by atoms with van der Waals surface area (Å²) in [4.78, 5) is 12.3. The second-order valence-corrected chi connectivity index (χ2v) is 8.99. The number of aryl methyl sites for hydroxylation is 1. The number of carbonyl (C=O) groups excluding carboxylic acids is 1. The minimum atomic E-state index is -0.0948.